The van der Waals surface area contributed by atoms with Gasteiger partial charge in [0.1, 0.15) is 5.82 Å². The van der Waals surface area contributed by atoms with E-state index in [4.69, 9.17) is 0 Å². The SMILES string of the molecule is C=C/C=c1/c(Cc2ccc(F)c(C(=O)N3CCN(CC4CCNCC4)CC3)c2)n[nH]c(=O)/c1=C/C.CC. The van der Waals surface area contributed by atoms with Crippen LogP contribution in [0.15, 0.2) is 35.6 Å². The van der Waals surface area contributed by atoms with Crippen LogP contribution in [0, 0.1) is 11.7 Å². The number of aromatic nitrogens is 2. The smallest absolute Gasteiger partial charge is 0.271 e. The fourth-order valence-electron chi connectivity index (χ4n) is 5.01. The second-order valence-corrected chi connectivity index (χ2v) is 9.29. The molecule has 0 atom stereocenters. The van der Waals surface area contributed by atoms with E-state index >= 15 is 0 Å². The van der Waals surface area contributed by atoms with Gasteiger partial charge in [0.05, 0.1) is 11.3 Å². The van der Waals surface area contributed by atoms with Crippen LogP contribution in [0.1, 0.15) is 55.2 Å². The van der Waals surface area contributed by atoms with Gasteiger partial charge in [-0.2, -0.15) is 5.10 Å². The lowest BCUT2D eigenvalue weighted by Gasteiger charge is -2.37. The van der Waals surface area contributed by atoms with Gasteiger partial charge in [-0.05, 0) is 56.5 Å². The summed E-state index contributed by atoms with van der Waals surface area (Å²) in [4.78, 5) is 29.5. The molecule has 4 rings (SSSR count). The van der Waals surface area contributed by atoms with Gasteiger partial charge in [-0.1, -0.05) is 44.7 Å². The van der Waals surface area contributed by atoms with Gasteiger partial charge in [0.25, 0.3) is 11.5 Å². The van der Waals surface area contributed by atoms with Crippen molar-refractivity contribution in [3.05, 3.63) is 74.3 Å². The maximum Gasteiger partial charge on any atom is 0.271 e. The first-order valence-corrected chi connectivity index (χ1v) is 13.4. The quantitative estimate of drug-likeness (QED) is 0.623. The Bertz CT molecular complexity index is 1240. The number of piperidine rings is 1. The van der Waals surface area contributed by atoms with E-state index in [1.807, 2.05) is 13.8 Å². The molecule has 200 valence electrons. The van der Waals surface area contributed by atoms with Gasteiger partial charge in [-0.25, -0.2) is 9.49 Å². The third-order valence-electron chi connectivity index (χ3n) is 6.98. The number of nitrogens with zero attached hydrogens (tertiary/aromatic N) is 3. The lowest BCUT2D eigenvalue weighted by molar-refractivity contribution is 0.0604. The maximum atomic E-state index is 14.7. The number of benzene rings is 1. The van der Waals surface area contributed by atoms with E-state index in [1.165, 1.54) is 18.9 Å². The number of H-pyrrole nitrogens is 1. The van der Waals surface area contributed by atoms with Gasteiger partial charge < -0.3 is 10.2 Å². The van der Waals surface area contributed by atoms with Crippen molar-refractivity contribution < 1.29 is 9.18 Å². The van der Waals surface area contributed by atoms with Crippen LogP contribution >= 0.6 is 0 Å². The van der Waals surface area contributed by atoms with Crippen LogP contribution in [0.5, 0.6) is 0 Å². The summed E-state index contributed by atoms with van der Waals surface area (Å²) in [5, 5.41) is 11.3. The molecule has 1 amide bonds. The van der Waals surface area contributed by atoms with Gasteiger partial charge >= 0.3 is 0 Å². The number of hydrogen-bond acceptors (Lipinski definition) is 5. The molecule has 2 aliphatic heterocycles. The molecule has 0 unspecified atom stereocenters. The molecule has 2 N–H and O–H groups in total. The Kier molecular flexibility index (Phi) is 10.8. The maximum absolute atomic E-state index is 14.7. The zero-order chi connectivity index (χ0) is 26.8. The van der Waals surface area contributed by atoms with Crippen LogP contribution in [-0.4, -0.2) is 71.7 Å². The summed E-state index contributed by atoms with van der Waals surface area (Å²) in [7, 11) is 0. The number of halogens is 1. The van der Waals surface area contributed by atoms with Crippen LogP contribution in [0.3, 0.4) is 0 Å². The molecule has 0 saturated carbocycles. The van der Waals surface area contributed by atoms with Crippen molar-refractivity contribution in [3.63, 3.8) is 0 Å². The highest BCUT2D eigenvalue weighted by molar-refractivity contribution is 5.94. The van der Waals surface area contributed by atoms with E-state index in [-0.39, 0.29) is 17.0 Å². The van der Waals surface area contributed by atoms with Crippen molar-refractivity contribution in [2.75, 3.05) is 45.8 Å². The second kappa shape index (κ2) is 14.0. The molecule has 0 spiro atoms. The minimum Gasteiger partial charge on any atom is -0.336 e. The van der Waals surface area contributed by atoms with Gasteiger partial charge in [0.2, 0.25) is 0 Å². The van der Waals surface area contributed by atoms with Crippen molar-refractivity contribution in [2.45, 2.75) is 40.0 Å². The highest BCUT2D eigenvalue weighted by atomic mass is 19.1. The fraction of sp³-hybridized carbons (Fsp3) is 0.483. The van der Waals surface area contributed by atoms with Crippen LogP contribution in [-0.2, 0) is 6.42 Å². The molecule has 8 heteroatoms. The normalized spacial score (nSPS) is 17.9. The number of rotatable bonds is 6. The molecule has 0 aliphatic carbocycles. The Balaban J connectivity index is 0.00000186. The minimum absolute atomic E-state index is 0.0789. The van der Waals surface area contributed by atoms with Gasteiger partial charge in [0.15, 0.2) is 0 Å². The monoisotopic (exact) mass is 509 g/mol. The molecule has 37 heavy (non-hydrogen) atoms. The topological polar surface area (TPSA) is 81.3 Å². The Morgan fingerprint density at radius 2 is 1.86 bits per heavy atom. The van der Waals surface area contributed by atoms with Crippen molar-refractivity contribution in [1.82, 2.24) is 25.3 Å². The first-order chi connectivity index (χ1) is 18.0. The second-order valence-electron chi connectivity index (χ2n) is 9.29. The standard InChI is InChI=1S/C27H34FN5O2.C2H6/c1-3-5-22-21(4-2)26(34)31-30-25(22)17-20-6-7-24(28)23(16-20)27(35)33-14-12-32(13-15-33)18-19-8-10-29-11-9-19;1-2/h3-7,16,19,29H,1,8-15,17-18H2,2H3,(H,31,34);1-2H3/b21-4+,22-5+;. The number of hydrogen-bond donors (Lipinski definition) is 2. The van der Waals surface area contributed by atoms with E-state index in [1.54, 1.807) is 42.2 Å². The zero-order valence-corrected chi connectivity index (χ0v) is 22.4. The van der Waals surface area contributed by atoms with Crippen molar-refractivity contribution in [2.24, 2.45) is 5.92 Å². The Labute approximate surface area is 218 Å². The highest BCUT2D eigenvalue weighted by Gasteiger charge is 2.26. The van der Waals surface area contributed by atoms with Crippen molar-refractivity contribution >= 4 is 18.1 Å². The molecule has 0 bridgehead atoms. The molecular weight excluding hydrogens is 469 g/mol. The average molecular weight is 510 g/mol. The third kappa shape index (κ3) is 7.23. The summed E-state index contributed by atoms with van der Waals surface area (Å²) >= 11 is 0. The molecule has 2 aliphatic rings. The number of amides is 1. The number of carbonyl (C=O) groups excluding carboxylic acids is 1. The summed E-state index contributed by atoms with van der Waals surface area (Å²) in [6.07, 6.45) is 7.82. The van der Waals surface area contributed by atoms with Crippen molar-refractivity contribution in [3.8, 4) is 0 Å². The van der Waals surface area contributed by atoms with Gasteiger partial charge in [-0.15, -0.1) is 0 Å². The molecular formula is C29H40FN5O2. The lowest BCUT2D eigenvalue weighted by atomic mass is 9.97. The molecule has 3 heterocycles. The molecule has 1 aromatic heterocycles. The first-order valence-electron chi connectivity index (χ1n) is 13.4. The third-order valence-corrected chi connectivity index (χ3v) is 6.98. The number of aromatic amines is 1. The lowest BCUT2D eigenvalue weighted by Crippen LogP contribution is -2.50. The van der Waals surface area contributed by atoms with Gasteiger partial charge in [0, 0.05) is 49.6 Å². The molecule has 0 radical (unpaired) electrons. The summed E-state index contributed by atoms with van der Waals surface area (Å²) < 4.78 is 14.7. The van der Waals surface area contributed by atoms with E-state index in [2.05, 4.69) is 27.0 Å². The van der Waals surface area contributed by atoms with Gasteiger partial charge in [-0.3, -0.25) is 14.5 Å². The van der Waals surface area contributed by atoms with Crippen LogP contribution in [0.2, 0.25) is 0 Å². The van der Waals surface area contributed by atoms with Crippen LogP contribution in [0.25, 0.3) is 12.2 Å². The number of nitrogens with one attached hydrogen (secondary N) is 2. The first kappa shape index (κ1) is 28.5. The van der Waals surface area contributed by atoms with Crippen LogP contribution in [0.4, 0.5) is 4.39 Å². The number of piperazine rings is 1. The molecule has 1 aromatic carbocycles. The van der Waals surface area contributed by atoms with Crippen LogP contribution < -0.4 is 21.3 Å². The Morgan fingerprint density at radius 3 is 2.51 bits per heavy atom. The predicted octanol–water partition coefficient (Wildman–Crippen LogP) is 2.05. The zero-order valence-electron chi connectivity index (χ0n) is 22.4. The molecule has 2 aromatic rings. The fourth-order valence-corrected chi connectivity index (χ4v) is 5.01. The average Bonchev–Trinajstić information content (AvgIpc) is 2.93. The van der Waals surface area contributed by atoms with E-state index in [0.717, 1.165) is 38.3 Å². The van der Waals surface area contributed by atoms with E-state index in [0.29, 0.717) is 41.6 Å². The predicted molar refractivity (Wildman–Crippen MR) is 147 cm³/mol. The summed E-state index contributed by atoms with van der Waals surface area (Å²) in [6, 6.07) is 4.60. The summed E-state index contributed by atoms with van der Waals surface area (Å²) in [5.74, 6) is -0.0882. The van der Waals surface area contributed by atoms with E-state index in [9.17, 15) is 14.0 Å². The highest BCUT2D eigenvalue weighted by Crippen LogP contribution is 2.18. The Morgan fingerprint density at radius 1 is 1.16 bits per heavy atom. The minimum atomic E-state index is -0.522. The molecule has 2 fully saturated rings. The molecule has 2 saturated heterocycles. The largest absolute Gasteiger partial charge is 0.336 e. The summed E-state index contributed by atoms with van der Waals surface area (Å²) in [5.41, 5.74) is 1.18. The number of carbonyl (C=O) groups is 1. The van der Waals surface area contributed by atoms with Crippen molar-refractivity contribution in [1.29, 1.82) is 0 Å². The molecule has 7 nitrogen and oxygen atoms in total. The Hall–Kier alpha value is -3.10. The summed E-state index contributed by atoms with van der Waals surface area (Å²) in [6.45, 7) is 15.6. The van der Waals surface area contributed by atoms with E-state index < -0.39 is 5.82 Å². The number of allylic oxidation sites excluding steroid dienone is 1.